The maximum Gasteiger partial charge on any atom is 0.240 e. The van der Waals surface area contributed by atoms with Gasteiger partial charge in [0.25, 0.3) is 0 Å². The van der Waals surface area contributed by atoms with Gasteiger partial charge in [0.1, 0.15) is 5.82 Å². The van der Waals surface area contributed by atoms with Crippen LogP contribution in [0.3, 0.4) is 0 Å². The molecule has 29 heavy (non-hydrogen) atoms. The first-order chi connectivity index (χ1) is 13.3. The first kappa shape index (κ1) is 23.2. The van der Waals surface area contributed by atoms with Gasteiger partial charge >= 0.3 is 0 Å². The zero-order chi connectivity index (χ0) is 20.1. The molecule has 6 nitrogen and oxygen atoms in total. The van der Waals surface area contributed by atoms with E-state index in [4.69, 9.17) is 0 Å². The summed E-state index contributed by atoms with van der Waals surface area (Å²) in [6, 6.07) is 11.9. The van der Waals surface area contributed by atoms with Gasteiger partial charge in [0, 0.05) is 36.9 Å². The number of fused-ring (bicyclic) bond motifs is 1. The van der Waals surface area contributed by atoms with Gasteiger partial charge in [-0.3, -0.25) is 4.98 Å². The van der Waals surface area contributed by atoms with Crippen LogP contribution in [0.15, 0.2) is 65.8 Å². The monoisotopic (exact) mass is 439 g/mol. The van der Waals surface area contributed by atoms with Crippen LogP contribution in [0.4, 0.5) is 4.39 Å². The molecule has 3 aromatic rings. The number of benzene rings is 2. The topological polar surface area (TPSA) is 91.3 Å². The Morgan fingerprint density at radius 1 is 1.07 bits per heavy atom. The number of aliphatic hydroxyl groups excluding tert-OH is 1. The lowest BCUT2D eigenvalue weighted by molar-refractivity contribution is 0.174. The van der Waals surface area contributed by atoms with E-state index in [1.165, 1.54) is 24.3 Å². The molecular formula is C20H23ClFN3O3S. The second-order valence-corrected chi connectivity index (χ2v) is 8.35. The minimum atomic E-state index is -3.67. The van der Waals surface area contributed by atoms with Crippen LogP contribution >= 0.6 is 12.4 Å². The van der Waals surface area contributed by atoms with Gasteiger partial charge in [-0.1, -0.05) is 18.2 Å². The zero-order valence-corrected chi connectivity index (χ0v) is 17.4. The molecule has 0 fully saturated rings. The van der Waals surface area contributed by atoms with Crippen molar-refractivity contribution in [2.45, 2.75) is 24.0 Å². The molecule has 0 bridgehead atoms. The average molecular weight is 440 g/mol. The molecule has 2 atom stereocenters. The summed E-state index contributed by atoms with van der Waals surface area (Å²) < 4.78 is 40.7. The molecule has 0 aliphatic rings. The molecule has 0 spiro atoms. The maximum absolute atomic E-state index is 12.9. The van der Waals surface area contributed by atoms with Gasteiger partial charge in [-0.2, -0.15) is 0 Å². The predicted molar refractivity (Wildman–Crippen MR) is 113 cm³/mol. The highest BCUT2D eigenvalue weighted by Crippen LogP contribution is 2.18. The van der Waals surface area contributed by atoms with E-state index in [-0.39, 0.29) is 29.7 Å². The minimum Gasteiger partial charge on any atom is -0.387 e. The van der Waals surface area contributed by atoms with Crippen molar-refractivity contribution in [3.05, 3.63) is 72.3 Å². The Labute approximate surface area is 175 Å². The lowest BCUT2D eigenvalue weighted by Gasteiger charge is -2.17. The second kappa shape index (κ2) is 10.1. The number of nitrogens with zero attached hydrogens (tertiary/aromatic N) is 1. The van der Waals surface area contributed by atoms with Gasteiger partial charge in [0.15, 0.2) is 0 Å². The molecule has 1 heterocycles. The Hall–Kier alpha value is -2.10. The first-order valence-electron chi connectivity index (χ1n) is 8.85. The summed E-state index contributed by atoms with van der Waals surface area (Å²) in [7, 11) is -3.67. The molecule has 3 rings (SSSR count). The van der Waals surface area contributed by atoms with Gasteiger partial charge in [0.05, 0.1) is 11.0 Å². The van der Waals surface area contributed by atoms with Crippen molar-refractivity contribution in [1.82, 2.24) is 15.0 Å². The van der Waals surface area contributed by atoms with E-state index < -0.39 is 22.2 Å². The van der Waals surface area contributed by atoms with E-state index in [0.29, 0.717) is 12.1 Å². The van der Waals surface area contributed by atoms with E-state index in [1.807, 2.05) is 0 Å². The molecule has 0 amide bonds. The SMILES string of the molecule is CC(CNCC(O)c1ccc(F)cc1)NS(=O)(=O)c1ccc2cnccc2c1.Cl. The highest BCUT2D eigenvalue weighted by Gasteiger charge is 2.18. The summed E-state index contributed by atoms with van der Waals surface area (Å²) >= 11 is 0. The van der Waals surface area contributed by atoms with E-state index >= 15 is 0 Å². The standard InChI is InChI=1S/C20H22FN3O3S.ClH/c1-14(11-23-13-20(25)15-2-5-18(21)6-3-15)24-28(26,27)19-7-4-17-12-22-9-8-16(17)10-19;/h2-10,12,14,20,23-25H,11,13H2,1H3;1H. The summed E-state index contributed by atoms with van der Waals surface area (Å²) in [6.07, 6.45) is 2.49. The lowest BCUT2D eigenvalue weighted by atomic mass is 10.1. The Morgan fingerprint density at radius 2 is 1.79 bits per heavy atom. The number of nitrogens with one attached hydrogen (secondary N) is 2. The summed E-state index contributed by atoms with van der Waals surface area (Å²) in [5.74, 6) is -0.364. The van der Waals surface area contributed by atoms with Crippen LogP contribution in [0.5, 0.6) is 0 Å². The van der Waals surface area contributed by atoms with Crippen molar-refractivity contribution in [2.75, 3.05) is 13.1 Å². The number of pyridine rings is 1. The van der Waals surface area contributed by atoms with Crippen molar-refractivity contribution >= 4 is 33.2 Å². The molecule has 0 saturated carbocycles. The van der Waals surface area contributed by atoms with Crippen molar-refractivity contribution < 1.29 is 17.9 Å². The Bertz CT molecular complexity index is 1050. The van der Waals surface area contributed by atoms with Crippen LogP contribution in [0.1, 0.15) is 18.6 Å². The molecule has 0 saturated heterocycles. The summed E-state index contributed by atoms with van der Waals surface area (Å²) in [5, 5.41) is 14.8. The maximum atomic E-state index is 12.9. The average Bonchev–Trinajstić information content (AvgIpc) is 2.67. The van der Waals surface area contributed by atoms with Gasteiger partial charge in [-0.15, -0.1) is 12.4 Å². The number of halogens is 2. The number of aromatic nitrogens is 1. The number of hydrogen-bond acceptors (Lipinski definition) is 5. The predicted octanol–water partition coefficient (Wildman–Crippen LogP) is 2.79. The Balaban J connectivity index is 0.00000300. The van der Waals surface area contributed by atoms with Crippen molar-refractivity contribution in [1.29, 1.82) is 0 Å². The van der Waals surface area contributed by atoms with Gasteiger partial charge in [0.2, 0.25) is 10.0 Å². The van der Waals surface area contributed by atoms with Gasteiger partial charge in [-0.05, 0) is 48.2 Å². The zero-order valence-electron chi connectivity index (χ0n) is 15.7. The van der Waals surface area contributed by atoms with Crippen LogP contribution in [-0.2, 0) is 10.0 Å². The van der Waals surface area contributed by atoms with Crippen molar-refractivity contribution in [3.8, 4) is 0 Å². The molecule has 0 radical (unpaired) electrons. The number of hydrogen-bond donors (Lipinski definition) is 3. The van der Waals surface area contributed by atoms with Gasteiger partial charge in [-0.25, -0.2) is 17.5 Å². The molecule has 2 aromatic carbocycles. The fourth-order valence-electron chi connectivity index (χ4n) is 2.84. The quantitative estimate of drug-likeness (QED) is 0.502. The van der Waals surface area contributed by atoms with Crippen LogP contribution in [0.25, 0.3) is 10.8 Å². The van der Waals surface area contributed by atoms with E-state index in [2.05, 4.69) is 15.0 Å². The van der Waals surface area contributed by atoms with Crippen LogP contribution in [0.2, 0.25) is 0 Å². The van der Waals surface area contributed by atoms with E-state index in [1.54, 1.807) is 43.6 Å². The second-order valence-electron chi connectivity index (χ2n) is 6.63. The fraction of sp³-hybridized carbons (Fsp3) is 0.250. The summed E-state index contributed by atoms with van der Waals surface area (Å²) in [4.78, 5) is 4.20. The molecule has 1 aromatic heterocycles. The van der Waals surface area contributed by atoms with Crippen molar-refractivity contribution in [3.63, 3.8) is 0 Å². The van der Waals surface area contributed by atoms with Crippen molar-refractivity contribution in [2.24, 2.45) is 0 Å². The van der Waals surface area contributed by atoms with Crippen LogP contribution in [-0.4, -0.2) is 37.6 Å². The van der Waals surface area contributed by atoms with E-state index in [0.717, 1.165) is 10.8 Å². The highest BCUT2D eigenvalue weighted by atomic mass is 35.5. The molecule has 0 aliphatic heterocycles. The fourth-order valence-corrected chi connectivity index (χ4v) is 4.12. The molecule has 3 N–H and O–H groups in total. The number of rotatable bonds is 8. The molecule has 156 valence electrons. The third kappa shape index (κ3) is 6.19. The smallest absolute Gasteiger partial charge is 0.240 e. The highest BCUT2D eigenvalue weighted by molar-refractivity contribution is 7.89. The largest absolute Gasteiger partial charge is 0.387 e. The Kier molecular flexibility index (Phi) is 8.06. The molecule has 0 aliphatic carbocycles. The summed E-state index contributed by atoms with van der Waals surface area (Å²) in [5.41, 5.74) is 0.591. The van der Waals surface area contributed by atoms with Crippen LogP contribution < -0.4 is 10.0 Å². The Morgan fingerprint density at radius 3 is 2.52 bits per heavy atom. The normalized spacial score (nSPS) is 13.6. The third-order valence-corrected chi connectivity index (χ3v) is 5.91. The summed E-state index contributed by atoms with van der Waals surface area (Å²) in [6.45, 7) is 2.29. The third-order valence-electron chi connectivity index (χ3n) is 4.32. The van der Waals surface area contributed by atoms with Gasteiger partial charge < -0.3 is 10.4 Å². The molecular weight excluding hydrogens is 417 g/mol. The van der Waals surface area contributed by atoms with Crippen LogP contribution in [0, 0.1) is 5.82 Å². The number of aliphatic hydroxyl groups is 1. The lowest BCUT2D eigenvalue weighted by Crippen LogP contribution is -2.40. The molecule has 2 unspecified atom stereocenters. The van der Waals surface area contributed by atoms with E-state index in [9.17, 15) is 17.9 Å². The number of sulfonamides is 1. The molecule has 9 heteroatoms. The minimum absolute atomic E-state index is 0. The first-order valence-corrected chi connectivity index (χ1v) is 10.3.